The van der Waals surface area contributed by atoms with E-state index in [2.05, 4.69) is 10.6 Å². The molecule has 0 saturated heterocycles. The number of carboxylic acid groups (broad SMARTS) is 1. The van der Waals surface area contributed by atoms with E-state index in [9.17, 15) is 9.59 Å². The number of hydrogen-bond donors (Lipinski definition) is 3. The summed E-state index contributed by atoms with van der Waals surface area (Å²) in [5.41, 5.74) is 2.15. The highest BCUT2D eigenvalue weighted by atomic mass is 16.4. The molecule has 1 amide bonds. The van der Waals surface area contributed by atoms with Crippen LogP contribution in [0, 0.1) is 0 Å². The molecule has 0 unspecified atom stereocenters. The molecule has 0 aliphatic carbocycles. The van der Waals surface area contributed by atoms with Crippen LogP contribution >= 0.6 is 0 Å². The zero-order valence-corrected chi connectivity index (χ0v) is 11.1. The Hall–Kier alpha value is -2.30. The van der Waals surface area contributed by atoms with Gasteiger partial charge in [0.1, 0.15) is 0 Å². The third-order valence-electron chi connectivity index (χ3n) is 2.33. The van der Waals surface area contributed by atoms with E-state index in [1.807, 2.05) is 6.92 Å². The fourth-order valence-corrected chi connectivity index (χ4v) is 1.61. The van der Waals surface area contributed by atoms with Gasteiger partial charge in [-0.05, 0) is 30.7 Å². The second-order valence-electron chi connectivity index (χ2n) is 4.14. The predicted molar refractivity (Wildman–Crippen MR) is 75.0 cm³/mol. The van der Waals surface area contributed by atoms with E-state index in [-0.39, 0.29) is 5.91 Å². The number of aliphatic carboxylic acids is 1. The first-order valence-corrected chi connectivity index (χ1v) is 6.09. The number of carbonyl (C=O) groups excluding carboxylic acids is 1. The van der Waals surface area contributed by atoms with Gasteiger partial charge in [-0.1, -0.05) is 13.3 Å². The molecular formula is C14H18N2O3. The summed E-state index contributed by atoms with van der Waals surface area (Å²) in [6, 6.07) is 7.09. The van der Waals surface area contributed by atoms with E-state index in [1.165, 1.54) is 13.0 Å². The molecule has 0 atom stereocenters. The van der Waals surface area contributed by atoms with Crippen LogP contribution in [-0.2, 0) is 9.59 Å². The maximum atomic E-state index is 10.9. The Morgan fingerprint density at radius 3 is 2.11 bits per heavy atom. The summed E-state index contributed by atoms with van der Waals surface area (Å²) in [5, 5.41) is 14.5. The van der Waals surface area contributed by atoms with Crippen molar-refractivity contribution >= 4 is 23.3 Å². The maximum absolute atomic E-state index is 10.9. The Bertz CT molecular complexity index is 478. The molecule has 0 radical (unpaired) electrons. The number of benzene rings is 1. The molecule has 0 bridgehead atoms. The number of hydrogen-bond acceptors (Lipinski definition) is 3. The van der Waals surface area contributed by atoms with Crippen molar-refractivity contribution in [2.45, 2.75) is 26.7 Å². The van der Waals surface area contributed by atoms with Gasteiger partial charge in [-0.25, -0.2) is 4.79 Å². The van der Waals surface area contributed by atoms with Crippen molar-refractivity contribution in [3.05, 3.63) is 36.0 Å². The molecule has 102 valence electrons. The minimum absolute atomic E-state index is 0.127. The van der Waals surface area contributed by atoms with Crippen LogP contribution in [0.25, 0.3) is 0 Å². The van der Waals surface area contributed by atoms with Gasteiger partial charge in [-0.15, -0.1) is 0 Å². The lowest BCUT2D eigenvalue weighted by molar-refractivity contribution is -0.131. The standard InChI is InChI=1S/C14H18N2O3/c1-3-4-13(9-14(18)19)16-12-7-5-11(6-8-12)15-10(2)17/h5-9,16H,3-4H2,1-2H3,(H,15,17)(H,18,19). The Labute approximate surface area is 112 Å². The van der Waals surface area contributed by atoms with Crippen molar-refractivity contribution in [3.8, 4) is 0 Å². The first-order valence-electron chi connectivity index (χ1n) is 6.09. The van der Waals surface area contributed by atoms with Crippen molar-refractivity contribution in [2.75, 3.05) is 10.6 Å². The second-order valence-corrected chi connectivity index (χ2v) is 4.14. The fourth-order valence-electron chi connectivity index (χ4n) is 1.61. The average Bonchev–Trinajstić information content (AvgIpc) is 2.30. The van der Waals surface area contributed by atoms with Gasteiger partial charge in [0.05, 0.1) is 0 Å². The average molecular weight is 262 g/mol. The van der Waals surface area contributed by atoms with Crippen LogP contribution in [-0.4, -0.2) is 17.0 Å². The molecule has 0 heterocycles. The van der Waals surface area contributed by atoms with Crippen LogP contribution in [0.1, 0.15) is 26.7 Å². The Kier molecular flexibility index (Phi) is 5.60. The number of amides is 1. The van der Waals surface area contributed by atoms with E-state index in [1.54, 1.807) is 24.3 Å². The Balaban J connectivity index is 2.74. The summed E-state index contributed by atoms with van der Waals surface area (Å²) in [6.45, 7) is 3.43. The molecule has 0 aliphatic rings. The van der Waals surface area contributed by atoms with Crippen molar-refractivity contribution in [1.82, 2.24) is 0 Å². The van der Waals surface area contributed by atoms with E-state index in [0.717, 1.165) is 12.1 Å². The van der Waals surface area contributed by atoms with Crippen molar-refractivity contribution < 1.29 is 14.7 Å². The van der Waals surface area contributed by atoms with E-state index in [4.69, 9.17) is 5.11 Å². The van der Waals surface area contributed by atoms with Gasteiger partial charge in [-0.2, -0.15) is 0 Å². The van der Waals surface area contributed by atoms with Crippen LogP contribution in [0.2, 0.25) is 0 Å². The third kappa shape index (κ3) is 5.72. The van der Waals surface area contributed by atoms with Gasteiger partial charge in [-0.3, -0.25) is 4.79 Å². The number of carboxylic acids is 1. The molecule has 1 aromatic rings. The van der Waals surface area contributed by atoms with Crippen LogP contribution in [0.3, 0.4) is 0 Å². The number of anilines is 2. The number of nitrogens with one attached hydrogen (secondary N) is 2. The molecule has 0 aliphatic heterocycles. The highest BCUT2D eigenvalue weighted by molar-refractivity contribution is 5.88. The summed E-state index contributed by atoms with van der Waals surface area (Å²) in [5.74, 6) is -1.09. The van der Waals surface area contributed by atoms with Gasteiger partial charge in [0.25, 0.3) is 0 Å². The first-order chi connectivity index (χ1) is 9.01. The molecule has 5 heteroatoms. The minimum atomic E-state index is -0.967. The molecule has 0 fully saturated rings. The monoisotopic (exact) mass is 262 g/mol. The number of rotatable bonds is 6. The van der Waals surface area contributed by atoms with Crippen LogP contribution in [0.15, 0.2) is 36.0 Å². The summed E-state index contributed by atoms with van der Waals surface area (Å²) in [4.78, 5) is 21.6. The summed E-state index contributed by atoms with van der Waals surface area (Å²) < 4.78 is 0. The summed E-state index contributed by atoms with van der Waals surface area (Å²) in [7, 11) is 0. The fraction of sp³-hybridized carbons (Fsp3) is 0.286. The molecule has 19 heavy (non-hydrogen) atoms. The predicted octanol–water partition coefficient (Wildman–Crippen LogP) is 2.83. The highest BCUT2D eigenvalue weighted by Gasteiger charge is 2.01. The van der Waals surface area contributed by atoms with E-state index >= 15 is 0 Å². The lowest BCUT2D eigenvalue weighted by Crippen LogP contribution is -2.06. The van der Waals surface area contributed by atoms with Gasteiger partial charge >= 0.3 is 5.97 Å². The van der Waals surface area contributed by atoms with Gasteiger partial charge in [0.15, 0.2) is 0 Å². The number of carbonyl (C=O) groups is 2. The quantitative estimate of drug-likeness (QED) is 0.689. The van der Waals surface area contributed by atoms with Gasteiger partial charge < -0.3 is 15.7 Å². The van der Waals surface area contributed by atoms with Crippen molar-refractivity contribution in [2.24, 2.45) is 0 Å². The second kappa shape index (κ2) is 7.20. The number of allylic oxidation sites excluding steroid dienone is 1. The lowest BCUT2D eigenvalue weighted by Gasteiger charge is -2.10. The summed E-state index contributed by atoms with van der Waals surface area (Å²) in [6.07, 6.45) is 2.70. The zero-order chi connectivity index (χ0) is 14.3. The van der Waals surface area contributed by atoms with Gasteiger partial charge in [0.2, 0.25) is 5.91 Å². The molecule has 1 aromatic carbocycles. The largest absolute Gasteiger partial charge is 0.478 e. The van der Waals surface area contributed by atoms with Crippen LogP contribution < -0.4 is 10.6 Å². The molecule has 0 spiro atoms. The van der Waals surface area contributed by atoms with E-state index in [0.29, 0.717) is 17.8 Å². The SMILES string of the molecule is CCCC(=CC(=O)O)Nc1ccc(NC(C)=O)cc1. The molecule has 0 aromatic heterocycles. The minimum Gasteiger partial charge on any atom is -0.478 e. The van der Waals surface area contributed by atoms with Crippen molar-refractivity contribution in [3.63, 3.8) is 0 Å². The Morgan fingerprint density at radius 1 is 1.16 bits per heavy atom. The Morgan fingerprint density at radius 2 is 1.68 bits per heavy atom. The molecule has 0 saturated carbocycles. The molecule has 3 N–H and O–H groups in total. The van der Waals surface area contributed by atoms with Crippen LogP contribution in [0.4, 0.5) is 11.4 Å². The summed E-state index contributed by atoms with van der Waals surface area (Å²) >= 11 is 0. The van der Waals surface area contributed by atoms with Gasteiger partial charge in [0, 0.05) is 30.1 Å². The van der Waals surface area contributed by atoms with Crippen LogP contribution in [0.5, 0.6) is 0 Å². The first kappa shape index (κ1) is 14.8. The molecular weight excluding hydrogens is 244 g/mol. The topological polar surface area (TPSA) is 78.4 Å². The van der Waals surface area contributed by atoms with E-state index < -0.39 is 5.97 Å². The maximum Gasteiger partial charge on any atom is 0.330 e. The zero-order valence-electron chi connectivity index (χ0n) is 11.1. The lowest BCUT2D eigenvalue weighted by atomic mass is 10.2. The molecule has 5 nitrogen and oxygen atoms in total. The normalized spacial score (nSPS) is 10.9. The smallest absolute Gasteiger partial charge is 0.330 e. The molecule has 1 rings (SSSR count). The highest BCUT2D eigenvalue weighted by Crippen LogP contribution is 2.17. The van der Waals surface area contributed by atoms with Crippen molar-refractivity contribution in [1.29, 1.82) is 0 Å². The third-order valence-corrected chi connectivity index (χ3v) is 2.33.